The lowest BCUT2D eigenvalue weighted by molar-refractivity contribution is 0.385. The van der Waals surface area contributed by atoms with Gasteiger partial charge in [0.15, 0.2) is 0 Å². The lowest BCUT2D eigenvalue weighted by Gasteiger charge is -2.12. The van der Waals surface area contributed by atoms with Gasteiger partial charge in [0.25, 0.3) is 0 Å². The molecular formula is C14H20O. The van der Waals surface area contributed by atoms with Gasteiger partial charge in [-0.25, -0.2) is 0 Å². The van der Waals surface area contributed by atoms with Gasteiger partial charge in [0.05, 0.1) is 12.7 Å². The van der Waals surface area contributed by atoms with Crippen LogP contribution in [0.4, 0.5) is 0 Å². The van der Waals surface area contributed by atoms with E-state index in [-0.39, 0.29) is 0 Å². The summed E-state index contributed by atoms with van der Waals surface area (Å²) in [5.74, 6) is 1.25. The summed E-state index contributed by atoms with van der Waals surface area (Å²) >= 11 is 0. The topological polar surface area (TPSA) is 12.5 Å². The molecule has 2 rings (SSSR count). The Hall–Kier alpha value is -0.820. The third-order valence-corrected chi connectivity index (χ3v) is 3.19. The van der Waals surface area contributed by atoms with Gasteiger partial charge in [-0.05, 0) is 29.4 Å². The van der Waals surface area contributed by atoms with Crippen molar-refractivity contribution < 1.29 is 4.74 Å². The van der Waals surface area contributed by atoms with Crippen LogP contribution in [0.15, 0.2) is 24.3 Å². The summed E-state index contributed by atoms with van der Waals surface area (Å²) < 4.78 is 5.26. The van der Waals surface area contributed by atoms with Gasteiger partial charge in [-0.1, -0.05) is 45.0 Å². The molecule has 0 N–H and O–H groups in total. The Labute approximate surface area is 92.5 Å². The summed E-state index contributed by atoms with van der Waals surface area (Å²) in [5.41, 5.74) is 2.86. The Bertz CT molecular complexity index is 309. The van der Waals surface area contributed by atoms with Crippen molar-refractivity contribution >= 4 is 0 Å². The van der Waals surface area contributed by atoms with Crippen LogP contribution < -0.4 is 0 Å². The van der Waals surface area contributed by atoms with Gasteiger partial charge in [-0.15, -0.1) is 0 Å². The van der Waals surface area contributed by atoms with Crippen molar-refractivity contribution in [1.82, 2.24) is 0 Å². The Morgan fingerprint density at radius 3 is 2.13 bits per heavy atom. The van der Waals surface area contributed by atoms with Crippen LogP contribution in [0.25, 0.3) is 0 Å². The van der Waals surface area contributed by atoms with Crippen molar-refractivity contribution in [2.75, 3.05) is 6.61 Å². The van der Waals surface area contributed by atoms with Crippen molar-refractivity contribution in [3.05, 3.63) is 35.4 Å². The number of hydrogen-bond donors (Lipinski definition) is 0. The fraction of sp³-hybridized carbons (Fsp3) is 0.571. The lowest BCUT2D eigenvalue weighted by atomic mass is 9.93. The van der Waals surface area contributed by atoms with Crippen molar-refractivity contribution in [2.45, 2.75) is 45.1 Å². The average molecular weight is 204 g/mol. The lowest BCUT2D eigenvalue weighted by Crippen LogP contribution is -1.98. The molecule has 1 saturated heterocycles. The van der Waals surface area contributed by atoms with Crippen LogP contribution in [0, 0.1) is 0 Å². The first-order valence-electron chi connectivity index (χ1n) is 5.88. The second-order valence-corrected chi connectivity index (χ2v) is 4.91. The van der Waals surface area contributed by atoms with E-state index in [0.717, 1.165) is 6.61 Å². The summed E-state index contributed by atoms with van der Waals surface area (Å²) in [6.07, 6.45) is 1.70. The van der Waals surface area contributed by atoms with Gasteiger partial charge in [0, 0.05) is 0 Å². The fourth-order valence-electron chi connectivity index (χ4n) is 1.94. The maximum atomic E-state index is 5.26. The zero-order chi connectivity index (χ0) is 10.8. The largest absolute Gasteiger partial charge is 0.373 e. The molecule has 0 amide bonds. The molecule has 0 spiro atoms. The van der Waals surface area contributed by atoms with E-state index in [1.807, 2.05) is 0 Å². The number of hydrogen-bond acceptors (Lipinski definition) is 1. The molecule has 0 aliphatic carbocycles. The summed E-state index contributed by atoms with van der Waals surface area (Å²) in [6.45, 7) is 7.72. The molecule has 82 valence electrons. The minimum Gasteiger partial charge on any atom is -0.373 e. The molecule has 1 aliphatic heterocycles. The highest BCUT2D eigenvalue weighted by Gasteiger charge is 2.25. The third-order valence-electron chi connectivity index (χ3n) is 3.19. The predicted molar refractivity (Wildman–Crippen MR) is 63.3 cm³/mol. The Morgan fingerprint density at radius 1 is 1.13 bits per heavy atom. The molecule has 1 aromatic carbocycles. The molecule has 1 aliphatic rings. The van der Waals surface area contributed by atoms with Crippen molar-refractivity contribution in [3.63, 3.8) is 0 Å². The van der Waals surface area contributed by atoms with Gasteiger partial charge in [-0.2, -0.15) is 0 Å². The zero-order valence-electron chi connectivity index (χ0n) is 9.86. The summed E-state index contributed by atoms with van der Waals surface area (Å²) in [5, 5.41) is 0. The quantitative estimate of drug-likeness (QED) is 0.681. The van der Waals surface area contributed by atoms with Crippen LogP contribution in [0.5, 0.6) is 0 Å². The molecule has 1 aromatic rings. The minimum absolute atomic E-state index is 0.532. The highest BCUT2D eigenvalue weighted by Crippen LogP contribution is 2.27. The standard InChI is InChI=1S/C14H20O/c1-10(2)12-4-6-13(7-5-12)11(3)8-14-9-15-14/h4-7,10-11,14H,8-9H2,1-3H3. The van der Waals surface area contributed by atoms with Gasteiger partial charge in [-0.3, -0.25) is 0 Å². The third kappa shape index (κ3) is 2.82. The SMILES string of the molecule is CC(C)c1ccc(C(C)CC2CO2)cc1. The molecule has 1 nitrogen and oxygen atoms in total. The molecule has 0 radical (unpaired) electrons. The highest BCUT2D eigenvalue weighted by atomic mass is 16.6. The molecule has 2 atom stereocenters. The van der Waals surface area contributed by atoms with E-state index in [9.17, 15) is 0 Å². The Morgan fingerprint density at radius 2 is 1.67 bits per heavy atom. The van der Waals surface area contributed by atoms with E-state index in [4.69, 9.17) is 4.74 Å². The molecule has 1 fully saturated rings. The average Bonchev–Trinajstić information content (AvgIpc) is 3.02. The summed E-state index contributed by atoms with van der Waals surface area (Å²) in [4.78, 5) is 0. The van der Waals surface area contributed by atoms with Crippen LogP contribution >= 0.6 is 0 Å². The molecule has 1 heteroatoms. The van der Waals surface area contributed by atoms with Crippen LogP contribution in [0.3, 0.4) is 0 Å². The molecule has 0 saturated carbocycles. The monoisotopic (exact) mass is 204 g/mol. The molecular weight excluding hydrogens is 184 g/mol. The number of ether oxygens (including phenoxy) is 1. The van der Waals surface area contributed by atoms with Crippen LogP contribution in [0.1, 0.15) is 50.2 Å². The predicted octanol–water partition coefficient (Wildman–Crippen LogP) is 3.70. The van der Waals surface area contributed by atoms with Gasteiger partial charge in [0.2, 0.25) is 0 Å². The van der Waals surface area contributed by atoms with Gasteiger partial charge < -0.3 is 4.74 Å². The van der Waals surface area contributed by atoms with Crippen LogP contribution in [-0.2, 0) is 4.74 Å². The van der Waals surface area contributed by atoms with Crippen molar-refractivity contribution in [3.8, 4) is 0 Å². The number of rotatable bonds is 4. The maximum absolute atomic E-state index is 5.26. The maximum Gasteiger partial charge on any atom is 0.0815 e. The molecule has 1 heterocycles. The van der Waals surface area contributed by atoms with E-state index in [2.05, 4.69) is 45.0 Å². The summed E-state index contributed by atoms with van der Waals surface area (Å²) in [6, 6.07) is 9.04. The first kappa shape index (κ1) is 10.7. The summed E-state index contributed by atoms with van der Waals surface area (Å²) in [7, 11) is 0. The minimum atomic E-state index is 0.532. The van der Waals surface area contributed by atoms with E-state index >= 15 is 0 Å². The second-order valence-electron chi connectivity index (χ2n) is 4.91. The first-order valence-corrected chi connectivity index (χ1v) is 5.88. The van der Waals surface area contributed by atoms with E-state index < -0.39 is 0 Å². The molecule has 2 unspecified atom stereocenters. The molecule has 0 aromatic heterocycles. The fourth-order valence-corrected chi connectivity index (χ4v) is 1.94. The van der Waals surface area contributed by atoms with E-state index in [1.54, 1.807) is 0 Å². The van der Waals surface area contributed by atoms with Crippen molar-refractivity contribution in [2.24, 2.45) is 0 Å². The van der Waals surface area contributed by atoms with Crippen molar-refractivity contribution in [1.29, 1.82) is 0 Å². The van der Waals surface area contributed by atoms with Gasteiger partial charge in [0.1, 0.15) is 0 Å². The highest BCUT2D eigenvalue weighted by molar-refractivity contribution is 5.27. The van der Waals surface area contributed by atoms with E-state index in [1.165, 1.54) is 17.5 Å². The molecule has 0 bridgehead atoms. The Kier molecular flexibility index (Phi) is 3.11. The van der Waals surface area contributed by atoms with Crippen LogP contribution in [0.2, 0.25) is 0 Å². The van der Waals surface area contributed by atoms with Crippen LogP contribution in [-0.4, -0.2) is 12.7 Å². The van der Waals surface area contributed by atoms with E-state index in [0.29, 0.717) is 17.9 Å². The number of epoxide rings is 1. The zero-order valence-corrected chi connectivity index (χ0v) is 9.86. The number of benzene rings is 1. The normalized spacial score (nSPS) is 21.7. The second kappa shape index (κ2) is 4.36. The molecule has 15 heavy (non-hydrogen) atoms. The first-order chi connectivity index (χ1) is 7.16. The van der Waals surface area contributed by atoms with Gasteiger partial charge >= 0.3 is 0 Å². The Balaban J connectivity index is 2.01. The smallest absolute Gasteiger partial charge is 0.0815 e.